The number of hydrogen-bond donors (Lipinski definition) is 1. The Balaban J connectivity index is 1.95. The van der Waals surface area contributed by atoms with Crippen molar-refractivity contribution in [2.75, 3.05) is 6.54 Å². The highest BCUT2D eigenvalue weighted by Crippen LogP contribution is 2.46. The number of alkyl halides is 3. The minimum absolute atomic E-state index is 0.147. The summed E-state index contributed by atoms with van der Waals surface area (Å²) in [5.74, 6) is -1.12. The van der Waals surface area contributed by atoms with E-state index in [0.29, 0.717) is 12.3 Å². The van der Waals surface area contributed by atoms with Crippen molar-refractivity contribution in [3.05, 3.63) is 29.8 Å². The lowest BCUT2D eigenvalue weighted by Crippen LogP contribution is -2.54. The van der Waals surface area contributed by atoms with Crippen LogP contribution in [0.15, 0.2) is 24.3 Å². The molecule has 1 saturated heterocycles. The fraction of sp³-hybridized carbons (Fsp3) is 0.500. The van der Waals surface area contributed by atoms with Crippen LogP contribution in [-0.2, 0) is 4.74 Å². The Morgan fingerprint density at radius 1 is 1.33 bits per heavy atom. The van der Waals surface area contributed by atoms with E-state index >= 15 is 0 Å². The molecule has 2 aliphatic heterocycles. The molecule has 3 rings (SSSR count). The molecule has 98 valence electrons. The SMILES string of the molecule is FC(F)(F)OC12CCNC(C1)c1ccccc1O2. The van der Waals surface area contributed by atoms with Gasteiger partial charge < -0.3 is 10.1 Å². The van der Waals surface area contributed by atoms with Crippen molar-refractivity contribution < 1.29 is 22.6 Å². The normalized spacial score (nSPS) is 30.5. The number of piperidine rings is 1. The molecular formula is C12H12F3NO2. The van der Waals surface area contributed by atoms with Crippen LogP contribution in [0, 0.1) is 0 Å². The van der Waals surface area contributed by atoms with Crippen LogP contribution in [0.1, 0.15) is 24.4 Å². The highest BCUT2D eigenvalue weighted by molar-refractivity contribution is 5.39. The first-order chi connectivity index (χ1) is 8.48. The van der Waals surface area contributed by atoms with E-state index in [-0.39, 0.29) is 18.9 Å². The lowest BCUT2D eigenvalue weighted by Gasteiger charge is -2.45. The van der Waals surface area contributed by atoms with Crippen molar-refractivity contribution in [3.8, 4) is 5.75 Å². The first-order valence-electron chi connectivity index (χ1n) is 5.76. The number of ether oxygens (including phenoxy) is 2. The second-order valence-corrected chi connectivity index (χ2v) is 4.56. The Hall–Kier alpha value is -1.27. The molecule has 18 heavy (non-hydrogen) atoms. The Morgan fingerprint density at radius 3 is 2.89 bits per heavy atom. The summed E-state index contributed by atoms with van der Waals surface area (Å²) in [7, 11) is 0. The number of fused-ring (bicyclic) bond motifs is 4. The third-order valence-electron chi connectivity index (χ3n) is 3.30. The van der Waals surface area contributed by atoms with Crippen LogP contribution in [0.4, 0.5) is 13.2 Å². The fourth-order valence-corrected chi connectivity index (χ4v) is 2.62. The number of nitrogens with one attached hydrogen (secondary N) is 1. The topological polar surface area (TPSA) is 30.5 Å². The first kappa shape index (κ1) is 11.8. The summed E-state index contributed by atoms with van der Waals surface area (Å²) in [6.07, 6.45) is -4.34. The van der Waals surface area contributed by atoms with E-state index < -0.39 is 12.1 Å². The molecule has 2 atom stereocenters. The maximum Gasteiger partial charge on any atom is 0.525 e. The van der Waals surface area contributed by atoms with E-state index in [1.165, 1.54) is 0 Å². The number of benzene rings is 1. The Bertz CT molecular complexity index is 463. The summed E-state index contributed by atoms with van der Waals surface area (Å²) >= 11 is 0. The quantitative estimate of drug-likeness (QED) is 0.841. The van der Waals surface area contributed by atoms with Crippen molar-refractivity contribution in [1.29, 1.82) is 0 Å². The van der Waals surface area contributed by atoms with Gasteiger partial charge in [-0.3, -0.25) is 0 Å². The van der Waals surface area contributed by atoms with Gasteiger partial charge in [0.2, 0.25) is 5.79 Å². The molecular weight excluding hydrogens is 247 g/mol. The molecule has 2 aliphatic rings. The smallest absolute Gasteiger partial charge is 0.462 e. The third-order valence-corrected chi connectivity index (χ3v) is 3.30. The molecule has 2 unspecified atom stereocenters. The molecule has 0 saturated carbocycles. The largest absolute Gasteiger partial charge is 0.525 e. The van der Waals surface area contributed by atoms with E-state index in [4.69, 9.17) is 4.74 Å². The maximum atomic E-state index is 12.5. The van der Waals surface area contributed by atoms with Crippen LogP contribution in [0.5, 0.6) is 5.75 Å². The lowest BCUT2D eigenvalue weighted by atomic mass is 9.89. The van der Waals surface area contributed by atoms with Crippen LogP contribution < -0.4 is 10.1 Å². The van der Waals surface area contributed by atoms with Gasteiger partial charge in [-0.25, -0.2) is 4.74 Å². The Kier molecular flexibility index (Phi) is 2.53. The molecule has 0 aromatic heterocycles. The van der Waals surface area contributed by atoms with Crippen molar-refractivity contribution in [2.45, 2.75) is 31.0 Å². The summed E-state index contributed by atoms with van der Waals surface area (Å²) in [5, 5.41) is 3.19. The van der Waals surface area contributed by atoms with Gasteiger partial charge in [-0.2, -0.15) is 0 Å². The van der Waals surface area contributed by atoms with E-state index in [1.54, 1.807) is 12.1 Å². The van der Waals surface area contributed by atoms with Crippen LogP contribution in [0.3, 0.4) is 0 Å². The van der Waals surface area contributed by atoms with Gasteiger partial charge >= 0.3 is 6.36 Å². The molecule has 0 aliphatic carbocycles. The van der Waals surface area contributed by atoms with Crippen LogP contribution in [0.2, 0.25) is 0 Å². The second-order valence-electron chi connectivity index (χ2n) is 4.56. The van der Waals surface area contributed by atoms with E-state index in [1.807, 2.05) is 12.1 Å². The molecule has 0 amide bonds. The third kappa shape index (κ3) is 2.06. The van der Waals surface area contributed by atoms with Gasteiger partial charge in [-0.15, -0.1) is 13.2 Å². The predicted octanol–water partition coefficient (Wildman–Crippen LogP) is 2.74. The molecule has 1 aromatic rings. The van der Waals surface area contributed by atoms with Gasteiger partial charge in [0.25, 0.3) is 0 Å². The summed E-state index contributed by atoms with van der Waals surface area (Å²) in [5.41, 5.74) is 0.888. The highest BCUT2D eigenvalue weighted by Gasteiger charge is 2.51. The standard InChI is InChI=1S/C12H12F3NO2/c13-12(14,15)18-11-5-6-16-9(7-11)8-3-1-2-4-10(8)17-11/h1-4,9,16H,5-7H2. The summed E-state index contributed by atoms with van der Waals surface area (Å²) in [4.78, 5) is 0. The number of hydrogen-bond acceptors (Lipinski definition) is 3. The average Bonchev–Trinajstić information content (AvgIpc) is 2.26. The molecule has 2 heterocycles. The Labute approximate surface area is 102 Å². The molecule has 1 fully saturated rings. The van der Waals surface area contributed by atoms with Gasteiger partial charge in [0.05, 0.1) is 0 Å². The van der Waals surface area contributed by atoms with E-state index in [2.05, 4.69) is 10.1 Å². The highest BCUT2D eigenvalue weighted by atomic mass is 19.4. The zero-order valence-corrected chi connectivity index (χ0v) is 9.46. The van der Waals surface area contributed by atoms with Crippen molar-refractivity contribution >= 4 is 0 Å². The van der Waals surface area contributed by atoms with Gasteiger partial charge in [0.15, 0.2) is 0 Å². The van der Waals surface area contributed by atoms with Crippen molar-refractivity contribution in [2.24, 2.45) is 0 Å². The minimum Gasteiger partial charge on any atom is -0.462 e. The zero-order valence-electron chi connectivity index (χ0n) is 9.46. The summed E-state index contributed by atoms with van der Waals surface area (Å²) in [6.45, 7) is 0.440. The molecule has 1 aromatic carbocycles. The molecule has 3 nitrogen and oxygen atoms in total. The summed E-state index contributed by atoms with van der Waals surface area (Å²) < 4.78 is 47.1. The molecule has 1 N–H and O–H groups in total. The van der Waals surface area contributed by atoms with E-state index in [0.717, 1.165) is 5.56 Å². The molecule has 0 spiro atoms. The lowest BCUT2D eigenvalue weighted by molar-refractivity contribution is -0.409. The minimum atomic E-state index is -4.69. The van der Waals surface area contributed by atoms with Gasteiger partial charge in [0, 0.05) is 31.0 Å². The van der Waals surface area contributed by atoms with Crippen molar-refractivity contribution in [1.82, 2.24) is 5.32 Å². The predicted molar refractivity (Wildman–Crippen MR) is 56.9 cm³/mol. The van der Waals surface area contributed by atoms with Crippen LogP contribution in [-0.4, -0.2) is 18.7 Å². The Morgan fingerprint density at radius 2 is 2.11 bits per heavy atom. The average molecular weight is 259 g/mol. The van der Waals surface area contributed by atoms with Crippen LogP contribution >= 0.6 is 0 Å². The number of rotatable bonds is 1. The number of halogens is 3. The van der Waals surface area contributed by atoms with Crippen LogP contribution in [0.25, 0.3) is 0 Å². The van der Waals surface area contributed by atoms with E-state index in [9.17, 15) is 13.2 Å². The van der Waals surface area contributed by atoms with Gasteiger partial charge in [-0.05, 0) is 6.07 Å². The van der Waals surface area contributed by atoms with Gasteiger partial charge in [-0.1, -0.05) is 18.2 Å². The first-order valence-corrected chi connectivity index (χ1v) is 5.76. The van der Waals surface area contributed by atoms with Crippen molar-refractivity contribution in [3.63, 3.8) is 0 Å². The molecule has 6 heteroatoms. The number of para-hydroxylation sites is 1. The zero-order chi connectivity index (χ0) is 12.8. The second kappa shape index (κ2) is 3.86. The van der Waals surface area contributed by atoms with Gasteiger partial charge in [0.1, 0.15) is 5.75 Å². The maximum absolute atomic E-state index is 12.5. The molecule has 0 radical (unpaired) electrons. The fourth-order valence-electron chi connectivity index (χ4n) is 2.62. The summed E-state index contributed by atoms with van der Waals surface area (Å²) in [6, 6.07) is 6.96. The monoisotopic (exact) mass is 259 g/mol. The molecule has 2 bridgehead atoms.